The highest BCUT2D eigenvalue weighted by atomic mass is 32.1. The molecular weight excluding hydrogens is 359 g/mol. The van der Waals surface area contributed by atoms with Gasteiger partial charge in [0.15, 0.2) is 12.4 Å². The van der Waals surface area contributed by atoms with Crippen molar-refractivity contribution >= 4 is 24.4 Å². The Morgan fingerprint density at radius 3 is 2.81 bits per heavy atom. The van der Waals surface area contributed by atoms with E-state index >= 15 is 0 Å². The van der Waals surface area contributed by atoms with E-state index in [-0.39, 0.29) is 16.2 Å². The number of hydrogen-bond donors (Lipinski definition) is 2. The van der Waals surface area contributed by atoms with E-state index in [1.54, 1.807) is 42.5 Å². The van der Waals surface area contributed by atoms with Crippen LogP contribution in [0.25, 0.3) is 11.4 Å². The molecule has 2 aromatic carbocycles. The highest BCUT2D eigenvalue weighted by molar-refractivity contribution is 7.71. The van der Waals surface area contributed by atoms with Gasteiger partial charge in [-0.25, -0.2) is 14.3 Å². The van der Waals surface area contributed by atoms with Crippen molar-refractivity contribution in [2.45, 2.75) is 0 Å². The number of carbonyl (C=O) groups is 1. The van der Waals surface area contributed by atoms with Gasteiger partial charge in [-0.3, -0.25) is 0 Å². The number of carboxylic acids is 1. The Hall–Kier alpha value is -3.33. The number of aromatic nitrogens is 3. The smallest absolute Gasteiger partial charge is 0.341 e. The summed E-state index contributed by atoms with van der Waals surface area (Å²) in [6, 6.07) is 12.9. The molecule has 0 saturated carbocycles. The fourth-order valence-electron chi connectivity index (χ4n) is 2.19. The van der Waals surface area contributed by atoms with Crippen LogP contribution in [0.4, 0.5) is 4.39 Å². The van der Waals surface area contributed by atoms with E-state index in [0.29, 0.717) is 11.3 Å². The van der Waals surface area contributed by atoms with Crippen LogP contribution < -0.4 is 4.74 Å². The molecule has 0 atom stereocenters. The van der Waals surface area contributed by atoms with Gasteiger partial charge in [-0.15, -0.1) is 0 Å². The van der Waals surface area contributed by atoms with Crippen LogP contribution >= 0.6 is 12.2 Å². The van der Waals surface area contributed by atoms with Crippen molar-refractivity contribution in [3.05, 3.63) is 64.7 Å². The third-order valence-electron chi connectivity index (χ3n) is 3.35. The fraction of sp³-hybridized carbons (Fsp3) is 0.0588. The molecule has 2 N–H and O–H groups in total. The van der Waals surface area contributed by atoms with Crippen molar-refractivity contribution in [2.75, 3.05) is 6.61 Å². The van der Waals surface area contributed by atoms with E-state index in [1.165, 1.54) is 17.0 Å². The summed E-state index contributed by atoms with van der Waals surface area (Å²) in [6.45, 7) is -0.476. The first kappa shape index (κ1) is 17.5. The normalized spacial score (nSPS) is 11.0. The zero-order valence-electron chi connectivity index (χ0n) is 13.3. The molecule has 7 nitrogen and oxygen atoms in total. The number of para-hydroxylation sites is 1. The summed E-state index contributed by atoms with van der Waals surface area (Å²) in [6.07, 6.45) is 1.44. The third kappa shape index (κ3) is 3.83. The maximum atomic E-state index is 14.0. The second kappa shape index (κ2) is 7.70. The second-order valence-corrected chi connectivity index (χ2v) is 5.50. The van der Waals surface area contributed by atoms with E-state index in [0.717, 1.165) is 0 Å². The van der Waals surface area contributed by atoms with Crippen molar-refractivity contribution in [1.29, 1.82) is 0 Å². The van der Waals surface area contributed by atoms with Gasteiger partial charge in [0.2, 0.25) is 4.77 Å². The lowest BCUT2D eigenvalue weighted by atomic mass is 10.2. The molecule has 3 rings (SSSR count). The summed E-state index contributed by atoms with van der Waals surface area (Å²) in [5.41, 5.74) is 0.781. The van der Waals surface area contributed by atoms with E-state index in [1.807, 2.05) is 0 Å². The van der Waals surface area contributed by atoms with Crippen molar-refractivity contribution in [3.8, 4) is 17.1 Å². The van der Waals surface area contributed by atoms with E-state index in [4.69, 9.17) is 22.1 Å². The highest BCUT2D eigenvalue weighted by Gasteiger charge is 2.12. The molecule has 0 aliphatic carbocycles. The topological polar surface area (TPSA) is 92.5 Å². The molecule has 0 saturated heterocycles. The van der Waals surface area contributed by atoms with Crippen LogP contribution in [-0.4, -0.2) is 38.8 Å². The van der Waals surface area contributed by atoms with Crippen molar-refractivity contribution in [3.63, 3.8) is 0 Å². The molecule has 0 aliphatic rings. The Balaban J connectivity index is 1.96. The van der Waals surface area contributed by atoms with Crippen LogP contribution in [0.3, 0.4) is 0 Å². The Kier molecular flexibility index (Phi) is 5.18. The van der Waals surface area contributed by atoms with Gasteiger partial charge >= 0.3 is 5.97 Å². The summed E-state index contributed by atoms with van der Waals surface area (Å²) in [5, 5.41) is 19.6. The lowest BCUT2D eigenvalue weighted by Crippen LogP contribution is -2.10. The Bertz CT molecular complexity index is 1030. The minimum absolute atomic E-state index is 0.184. The average molecular weight is 372 g/mol. The van der Waals surface area contributed by atoms with Crippen LogP contribution in [0.1, 0.15) is 5.56 Å². The Morgan fingerprint density at radius 1 is 1.31 bits per heavy atom. The maximum Gasteiger partial charge on any atom is 0.341 e. The molecule has 0 spiro atoms. The molecule has 3 aromatic rings. The maximum absolute atomic E-state index is 14.0. The first-order valence-electron chi connectivity index (χ1n) is 7.46. The van der Waals surface area contributed by atoms with Gasteiger partial charge in [0, 0.05) is 5.56 Å². The second-order valence-electron chi connectivity index (χ2n) is 5.11. The molecule has 0 bridgehead atoms. The summed E-state index contributed by atoms with van der Waals surface area (Å²) in [4.78, 5) is 10.7. The van der Waals surface area contributed by atoms with Gasteiger partial charge in [0.1, 0.15) is 11.6 Å². The predicted molar refractivity (Wildman–Crippen MR) is 95.4 cm³/mol. The molecule has 0 fully saturated rings. The number of halogens is 1. The number of rotatable bonds is 6. The number of aliphatic carboxylic acids is 1. The van der Waals surface area contributed by atoms with Crippen molar-refractivity contribution < 1.29 is 19.0 Å². The van der Waals surface area contributed by atoms with Crippen LogP contribution in [0.2, 0.25) is 0 Å². The molecule has 9 heteroatoms. The summed E-state index contributed by atoms with van der Waals surface area (Å²) < 4.78 is 20.7. The molecule has 1 aromatic heterocycles. The molecule has 26 heavy (non-hydrogen) atoms. The lowest BCUT2D eigenvalue weighted by molar-refractivity contribution is -0.139. The van der Waals surface area contributed by atoms with Gasteiger partial charge in [-0.1, -0.05) is 24.3 Å². The standard InChI is InChI=1S/C17H13FN4O3S/c18-13-7-3-2-6-12(13)16-20-21-17(26)22(16)19-9-11-5-1-4-8-14(11)25-10-15(23)24/h1-9H,10H2,(H,21,26)(H,23,24)/b19-9+. The zero-order valence-corrected chi connectivity index (χ0v) is 14.1. The number of nitrogens with one attached hydrogen (secondary N) is 1. The van der Waals surface area contributed by atoms with Gasteiger partial charge in [0.05, 0.1) is 11.8 Å². The molecule has 132 valence electrons. The Labute approximate surface area is 152 Å². The SMILES string of the molecule is O=C(O)COc1ccccc1/C=N/n1c(-c2ccccc2F)n[nH]c1=S. The number of benzene rings is 2. The van der Waals surface area contributed by atoms with Gasteiger partial charge in [0.25, 0.3) is 0 Å². The summed E-state index contributed by atoms with van der Waals surface area (Å²) in [5.74, 6) is -0.979. The fourth-order valence-corrected chi connectivity index (χ4v) is 2.37. The van der Waals surface area contributed by atoms with E-state index in [9.17, 15) is 9.18 Å². The Morgan fingerprint density at radius 2 is 2.04 bits per heavy atom. The number of H-pyrrole nitrogens is 1. The number of nitrogens with zero attached hydrogens (tertiary/aromatic N) is 3. The molecule has 0 aliphatic heterocycles. The van der Waals surface area contributed by atoms with Crippen LogP contribution in [-0.2, 0) is 4.79 Å². The summed E-state index contributed by atoms with van der Waals surface area (Å²) in [7, 11) is 0. The molecule has 1 heterocycles. The largest absolute Gasteiger partial charge is 0.481 e. The van der Waals surface area contributed by atoms with E-state index < -0.39 is 18.4 Å². The third-order valence-corrected chi connectivity index (χ3v) is 3.61. The number of hydrogen-bond acceptors (Lipinski definition) is 5. The monoisotopic (exact) mass is 372 g/mol. The minimum Gasteiger partial charge on any atom is -0.481 e. The lowest BCUT2D eigenvalue weighted by Gasteiger charge is -2.06. The van der Waals surface area contributed by atoms with Gasteiger partial charge in [-0.2, -0.15) is 14.9 Å². The van der Waals surface area contributed by atoms with Gasteiger partial charge < -0.3 is 9.84 Å². The van der Waals surface area contributed by atoms with Gasteiger partial charge in [-0.05, 0) is 36.5 Å². The van der Waals surface area contributed by atoms with Crippen LogP contribution in [0.15, 0.2) is 53.6 Å². The van der Waals surface area contributed by atoms with Crippen LogP contribution in [0, 0.1) is 10.6 Å². The minimum atomic E-state index is -1.09. The molecule has 0 unspecified atom stereocenters. The van der Waals surface area contributed by atoms with E-state index in [2.05, 4.69) is 15.3 Å². The number of carboxylic acid groups (broad SMARTS) is 1. The zero-order chi connectivity index (χ0) is 18.5. The summed E-state index contributed by atoms with van der Waals surface area (Å²) >= 11 is 5.15. The predicted octanol–water partition coefficient (Wildman–Crippen LogP) is 3.09. The highest BCUT2D eigenvalue weighted by Crippen LogP contribution is 2.21. The quantitative estimate of drug-likeness (QED) is 0.512. The number of ether oxygens (including phenoxy) is 1. The molecule has 0 radical (unpaired) electrons. The number of aromatic amines is 1. The first-order valence-corrected chi connectivity index (χ1v) is 7.87. The molecular formula is C17H13FN4O3S. The average Bonchev–Trinajstić information content (AvgIpc) is 2.99. The van der Waals surface area contributed by atoms with Crippen molar-refractivity contribution in [2.24, 2.45) is 5.10 Å². The van der Waals surface area contributed by atoms with Crippen molar-refractivity contribution in [1.82, 2.24) is 14.9 Å². The molecule has 0 amide bonds. The van der Waals surface area contributed by atoms with Crippen LogP contribution in [0.5, 0.6) is 5.75 Å². The first-order chi connectivity index (χ1) is 12.6.